The van der Waals surface area contributed by atoms with Crippen LogP contribution in [0.1, 0.15) is 71.1 Å². The lowest BCUT2D eigenvalue weighted by molar-refractivity contribution is -0.145. The van der Waals surface area contributed by atoms with Gasteiger partial charge in [0.05, 0.1) is 16.6 Å². The summed E-state index contributed by atoms with van der Waals surface area (Å²) in [6.45, 7) is 12.0. The van der Waals surface area contributed by atoms with Gasteiger partial charge in [-0.15, -0.1) is 24.9 Å². The van der Waals surface area contributed by atoms with Gasteiger partial charge in [0.25, 0.3) is 0 Å². The summed E-state index contributed by atoms with van der Waals surface area (Å²) in [5.74, 6) is -0.948. The van der Waals surface area contributed by atoms with Gasteiger partial charge in [0.2, 0.25) is 17.7 Å². The zero-order chi connectivity index (χ0) is 28.2. The van der Waals surface area contributed by atoms with Gasteiger partial charge >= 0.3 is 0 Å². The Bertz CT molecular complexity index is 928. The van der Waals surface area contributed by atoms with Gasteiger partial charge in [0.1, 0.15) is 6.04 Å². The summed E-state index contributed by atoms with van der Waals surface area (Å²) in [5.41, 5.74) is 0. The molecule has 1 saturated carbocycles. The smallest absolute Gasteiger partial charge is 0.247 e. The molecule has 6 atom stereocenters. The molecular weight excluding hydrogens is 578 g/mol. The lowest BCUT2D eigenvalue weighted by atomic mass is 9.70. The van der Waals surface area contributed by atoms with Crippen molar-refractivity contribution in [1.29, 1.82) is 0 Å². The molecule has 7 nitrogen and oxygen atoms in total. The zero-order valence-corrected chi connectivity index (χ0v) is 25.8. The molecule has 218 valence electrons. The topological polar surface area (TPSA) is 81.2 Å². The number of aliphatic hydroxyl groups is 1. The number of hydrogen-bond donors (Lipinski definition) is 1. The summed E-state index contributed by atoms with van der Waals surface area (Å²) in [6.07, 6.45) is 12.7. The van der Waals surface area contributed by atoms with E-state index in [1.54, 1.807) is 23.9 Å². The van der Waals surface area contributed by atoms with Crippen molar-refractivity contribution in [3.8, 4) is 0 Å². The minimum atomic E-state index is -0.621. The molecule has 0 aromatic heterocycles. The fraction of sp³-hybridized carbons (Fsp3) is 0.767. The molecule has 1 N–H and O–H groups in total. The number of thioether (sulfide) groups is 1. The van der Waals surface area contributed by atoms with Gasteiger partial charge in [0.15, 0.2) is 0 Å². The Morgan fingerprint density at radius 2 is 1.85 bits per heavy atom. The maximum atomic E-state index is 14.6. The molecule has 2 bridgehead atoms. The number of carbonyl (C=O) groups excluding carboxylic acids is 3. The SMILES string of the molecule is C=CCN(CCC)C(=O)[C@H]1[C@@H]2SC3(CC2Br)C(C(=O)N(CC=C)C2CCCCC2)N(CCCCCO)C(=O)[C@H]13. The average molecular weight is 625 g/mol. The van der Waals surface area contributed by atoms with E-state index in [1.165, 1.54) is 6.42 Å². The largest absolute Gasteiger partial charge is 0.396 e. The van der Waals surface area contributed by atoms with E-state index in [2.05, 4.69) is 36.0 Å². The van der Waals surface area contributed by atoms with Crippen molar-refractivity contribution in [2.75, 3.05) is 32.8 Å². The number of halogens is 1. The lowest BCUT2D eigenvalue weighted by Crippen LogP contribution is -2.57. The summed E-state index contributed by atoms with van der Waals surface area (Å²) >= 11 is 5.61. The molecular formula is C30H46BrN3O4S. The van der Waals surface area contributed by atoms with Crippen molar-refractivity contribution in [3.05, 3.63) is 25.3 Å². The number of carbonyl (C=O) groups is 3. The second kappa shape index (κ2) is 13.6. The molecule has 4 aliphatic rings. The fourth-order valence-electron chi connectivity index (χ4n) is 7.54. The number of amides is 3. The van der Waals surface area contributed by atoms with Crippen LogP contribution in [0.4, 0.5) is 0 Å². The molecule has 0 aromatic carbocycles. The maximum absolute atomic E-state index is 14.6. The van der Waals surface area contributed by atoms with E-state index in [-0.39, 0.29) is 40.4 Å². The van der Waals surface area contributed by atoms with E-state index in [1.807, 2.05) is 14.7 Å². The summed E-state index contributed by atoms with van der Waals surface area (Å²) in [5, 5.41) is 9.26. The van der Waals surface area contributed by atoms with Crippen LogP contribution in [-0.2, 0) is 14.4 Å². The Balaban J connectivity index is 1.72. The first kappa shape index (κ1) is 30.6. The molecule has 1 spiro atoms. The van der Waals surface area contributed by atoms with Crippen LogP contribution >= 0.6 is 27.7 Å². The number of alkyl halides is 1. The first-order chi connectivity index (χ1) is 18.9. The molecule has 9 heteroatoms. The van der Waals surface area contributed by atoms with Gasteiger partial charge in [-0.3, -0.25) is 14.4 Å². The Kier molecular flexibility index (Phi) is 10.7. The molecule has 1 aliphatic carbocycles. The first-order valence-electron chi connectivity index (χ1n) is 14.9. The van der Waals surface area contributed by atoms with Crippen LogP contribution in [0.2, 0.25) is 0 Å². The van der Waals surface area contributed by atoms with E-state index in [0.717, 1.165) is 44.9 Å². The van der Waals surface area contributed by atoms with Crippen LogP contribution in [-0.4, -0.2) is 97.2 Å². The third-order valence-electron chi connectivity index (χ3n) is 9.14. The number of hydrogen-bond acceptors (Lipinski definition) is 5. The fourth-order valence-corrected chi connectivity index (χ4v) is 11.1. The summed E-state index contributed by atoms with van der Waals surface area (Å²) < 4.78 is -0.621. The predicted molar refractivity (Wildman–Crippen MR) is 161 cm³/mol. The van der Waals surface area contributed by atoms with Gasteiger partial charge in [-0.05, 0) is 44.9 Å². The highest BCUT2D eigenvalue weighted by atomic mass is 79.9. The monoisotopic (exact) mass is 623 g/mol. The molecule has 4 rings (SSSR count). The second-order valence-corrected chi connectivity index (χ2v) is 14.3. The van der Waals surface area contributed by atoms with E-state index >= 15 is 0 Å². The van der Waals surface area contributed by atoms with Crippen molar-refractivity contribution in [1.82, 2.24) is 14.7 Å². The Labute approximate surface area is 246 Å². The normalized spacial score (nSPS) is 31.8. The summed E-state index contributed by atoms with van der Waals surface area (Å²) in [7, 11) is 0. The number of aliphatic hydroxyl groups excluding tert-OH is 1. The van der Waals surface area contributed by atoms with Crippen molar-refractivity contribution in [2.24, 2.45) is 11.8 Å². The molecule has 3 unspecified atom stereocenters. The number of likely N-dealkylation sites (tertiary alicyclic amines) is 1. The molecule has 4 fully saturated rings. The highest BCUT2D eigenvalue weighted by Crippen LogP contribution is 2.68. The molecule has 3 amide bonds. The average Bonchev–Trinajstić information content (AvgIpc) is 3.52. The number of fused-ring (bicyclic) bond motifs is 1. The van der Waals surface area contributed by atoms with Gasteiger partial charge in [-0.25, -0.2) is 0 Å². The molecule has 3 heterocycles. The minimum Gasteiger partial charge on any atom is -0.396 e. The van der Waals surface area contributed by atoms with Crippen LogP contribution in [0.5, 0.6) is 0 Å². The highest BCUT2D eigenvalue weighted by Gasteiger charge is 2.76. The van der Waals surface area contributed by atoms with Gasteiger partial charge in [-0.2, -0.15) is 0 Å². The van der Waals surface area contributed by atoms with Crippen molar-refractivity contribution in [2.45, 2.75) is 98.0 Å². The minimum absolute atomic E-state index is 0.0159. The zero-order valence-electron chi connectivity index (χ0n) is 23.4. The molecule has 0 radical (unpaired) electrons. The maximum Gasteiger partial charge on any atom is 0.247 e. The third-order valence-corrected chi connectivity index (χ3v) is 12.4. The molecule has 3 aliphatic heterocycles. The summed E-state index contributed by atoms with van der Waals surface area (Å²) in [6, 6.07) is -0.419. The van der Waals surface area contributed by atoms with Crippen molar-refractivity contribution in [3.63, 3.8) is 0 Å². The first-order valence-corrected chi connectivity index (χ1v) is 16.7. The molecule has 3 saturated heterocycles. The van der Waals surface area contributed by atoms with Crippen LogP contribution in [0.25, 0.3) is 0 Å². The Morgan fingerprint density at radius 1 is 1.13 bits per heavy atom. The molecule has 39 heavy (non-hydrogen) atoms. The Morgan fingerprint density at radius 3 is 2.49 bits per heavy atom. The standard InChI is InChI=1S/C30H46BrN3O4S/c1-4-15-32(16-5-2)27(36)23-24-28(37)34(18-11-8-12-19-35)26(30(24)20-22(31)25(23)39-30)29(38)33(17-6-3)21-13-9-7-10-14-21/h4,6,21-26,35H,1,3,5,7-20H2,2H3/t22?,23-,24+,25-,26?,30?/m1/s1. The van der Waals surface area contributed by atoms with Gasteiger partial charge in [-0.1, -0.05) is 54.3 Å². The number of rotatable bonds is 14. The van der Waals surface area contributed by atoms with Crippen LogP contribution < -0.4 is 0 Å². The van der Waals surface area contributed by atoms with Crippen molar-refractivity contribution < 1.29 is 19.5 Å². The summed E-state index contributed by atoms with van der Waals surface area (Å²) in [4.78, 5) is 48.7. The lowest BCUT2D eigenvalue weighted by Gasteiger charge is -2.41. The van der Waals surface area contributed by atoms with E-state index < -0.39 is 22.6 Å². The number of unbranched alkanes of at least 4 members (excludes halogenated alkanes) is 2. The van der Waals surface area contributed by atoms with Gasteiger partial charge in [0, 0.05) is 48.9 Å². The number of nitrogens with zero attached hydrogens (tertiary/aromatic N) is 3. The van der Waals surface area contributed by atoms with Gasteiger partial charge < -0.3 is 19.8 Å². The quantitative estimate of drug-likeness (QED) is 0.176. The van der Waals surface area contributed by atoms with Crippen LogP contribution in [0.3, 0.4) is 0 Å². The second-order valence-electron chi connectivity index (χ2n) is 11.6. The van der Waals surface area contributed by atoms with Crippen molar-refractivity contribution >= 4 is 45.4 Å². The van der Waals surface area contributed by atoms with Crippen LogP contribution in [0, 0.1) is 11.8 Å². The van der Waals surface area contributed by atoms with Crippen LogP contribution in [0.15, 0.2) is 25.3 Å². The predicted octanol–water partition coefficient (Wildman–Crippen LogP) is 4.39. The molecule has 0 aromatic rings. The van der Waals surface area contributed by atoms with E-state index in [0.29, 0.717) is 39.0 Å². The van der Waals surface area contributed by atoms with E-state index in [4.69, 9.17) is 0 Å². The third kappa shape index (κ3) is 5.74. The van der Waals surface area contributed by atoms with E-state index in [9.17, 15) is 19.5 Å². The highest BCUT2D eigenvalue weighted by molar-refractivity contribution is 9.09. The Hall–Kier alpha value is -1.32.